The molecular formula is C19H37NO3. The number of carboxylic acids is 1. The molecule has 0 bridgehead atoms. The van der Waals surface area contributed by atoms with Gasteiger partial charge in [0.25, 0.3) is 0 Å². The first kappa shape index (κ1) is 21.9. The van der Waals surface area contributed by atoms with E-state index in [0.717, 1.165) is 12.8 Å². The molecule has 0 saturated heterocycles. The minimum Gasteiger partial charge on any atom is -0.481 e. The van der Waals surface area contributed by atoms with Gasteiger partial charge in [0.1, 0.15) is 0 Å². The van der Waals surface area contributed by atoms with Crippen molar-refractivity contribution in [1.82, 2.24) is 4.90 Å². The molecule has 1 amide bonds. The zero-order valence-corrected chi connectivity index (χ0v) is 15.3. The van der Waals surface area contributed by atoms with Gasteiger partial charge in [0.2, 0.25) is 5.91 Å². The number of hydrogen-bond acceptors (Lipinski definition) is 2. The van der Waals surface area contributed by atoms with Crippen LogP contribution < -0.4 is 0 Å². The van der Waals surface area contributed by atoms with Crippen LogP contribution in [0.25, 0.3) is 0 Å². The lowest BCUT2D eigenvalue weighted by Crippen LogP contribution is -2.32. The molecule has 0 aliphatic rings. The monoisotopic (exact) mass is 327 g/mol. The van der Waals surface area contributed by atoms with Gasteiger partial charge in [0, 0.05) is 19.5 Å². The summed E-state index contributed by atoms with van der Waals surface area (Å²) in [5, 5.41) is 8.68. The zero-order valence-electron chi connectivity index (χ0n) is 15.3. The Bertz CT molecular complexity index is 305. The number of amides is 1. The number of hydrogen-bond donors (Lipinski definition) is 1. The summed E-state index contributed by atoms with van der Waals surface area (Å²) in [5.74, 6) is -0.740. The molecule has 0 heterocycles. The minimum atomic E-state index is -0.842. The Kier molecular flexibility index (Phi) is 15.1. The van der Waals surface area contributed by atoms with E-state index in [1.165, 1.54) is 57.8 Å². The van der Waals surface area contributed by atoms with Gasteiger partial charge >= 0.3 is 5.97 Å². The molecule has 136 valence electrons. The molecule has 0 spiro atoms. The molecule has 0 aliphatic carbocycles. The number of unbranched alkanes of at least 4 members (excludes halogenated alkanes) is 10. The van der Waals surface area contributed by atoms with Gasteiger partial charge in [-0.3, -0.25) is 9.59 Å². The van der Waals surface area contributed by atoms with Crippen molar-refractivity contribution in [3.63, 3.8) is 0 Å². The molecular weight excluding hydrogens is 290 g/mol. The maximum Gasteiger partial charge on any atom is 0.305 e. The average molecular weight is 328 g/mol. The second-order valence-corrected chi connectivity index (χ2v) is 6.40. The van der Waals surface area contributed by atoms with Crippen LogP contribution in [0.3, 0.4) is 0 Å². The van der Waals surface area contributed by atoms with Crippen molar-refractivity contribution in [3.05, 3.63) is 0 Å². The zero-order chi connectivity index (χ0) is 17.3. The van der Waals surface area contributed by atoms with Gasteiger partial charge in [-0.15, -0.1) is 0 Å². The van der Waals surface area contributed by atoms with E-state index in [2.05, 4.69) is 6.92 Å². The van der Waals surface area contributed by atoms with E-state index in [0.29, 0.717) is 19.5 Å². The van der Waals surface area contributed by atoms with Crippen molar-refractivity contribution in [2.45, 2.75) is 97.3 Å². The van der Waals surface area contributed by atoms with Crippen LogP contribution in [0.15, 0.2) is 0 Å². The first-order chi connectivity index (χ1) is 11.1. The van der Waals surface area contributed by atoms with Gasteiger partial charge in [-0.25, -0.2) is 0 Å². The molecule has 23 heavy (non-hydrogen) atoms. The molecule has 4 heteroatoms. The van der Waals surface area contributed by atoms with Gasteiger partial charge in [0.05, 0.1) is 6.42 Å². The molecule has 1 N–H and O–H groups in total. The highest BCUT2D eigenvalue weighted by Gasteiger charge is 2.12. The summed E-state index contributed by atoms with van der Waals surface area (Å²) >= 11 is 0. The number of carbonyl (C=O) groups excluding carboxylic acids is 1. The average Bonchev–Trinajstić information content (AvgIpc) is 2.53. The number of carboxylic acid groups (broad SMARTS) is 1. The summed E-state index contributed by atoms with van der Waals surface area (Å²) in [4.78, 5) is 24.2. The smallest absolute Gasteiger partial charge is 0.305 e. The van der Waals surface area contributed by atoms with Crippen LogP contribution in [-0.4, -0.2) is 35.0 Å². The fourth-order valence-corrected chi connectivity index (χ4v) is 2.79. The van der Waals surface area contributed by atoms with Crippen LogP contribution in [0, 0.1) is 0 Å². The summed E-state index contributed by atoms with van der Waals surface area (Å²) in [6, 6.07) is 0. The molecule has 0 atom stereocenters. The van der Waals surface area contributed by atoms with Crippen molar-refractivity contribution in [2.75, 3.05) is 13.1 Å². The third kappa shape index (κ3) is 14.3. The molecule has 0 rings (SSSR count). The topological polar surface area (TPSA) is 57.6 Å². The summed E-state index contributed by atoms with van der Waals surface area (Å²) in [7, 11) is 0. The van der Waals surface area contributed by atoms with Crippen molar-refractivity contribution in [3.8, 4) is 0 Å². The van der Waals surface area contributed by atoms with Crippen LogP contribution in [-0.2, 0) is 9.59 Å². The Morgan fingerprint density at radius 2 is 1.22 bits per heavy atom. The van der Waals surface area contributed by atoms with Crippen molar-refractivity contribution in [1.29, 1.82) is 0 Å². The van der Waals surface area contributed by atoms with Crippen molar-refractivity contribution in [2.24, 2.45) is 0 Å². The molecule has 0 aliphatic heterocycles. The van der Waals surface area contributed by atoms with Gasteiger partial charge in [-0.1, -0.05) is 71.1 Å². The molecule has 4 nitrogen and oxygen atoms in total. The van der Waals surface area contributed by atoms with Crippen molar-refractivity contribution >= 4 is 11.9 Å². The Labute approximate surface area is 142 Å². The van der Waals surface area contributed by atoms with E-state index >= 15 is 0 Å². The first-order valence-corrected chi connectivity index (χ1v) is 9.61. The molecule has 0 saturated carbocycles. The highest BCUT2D eigenvalue weighted by Crippen LogP contribution is 2.12. The third-order valence-corrected chi connectivity index (χ3v) is 4.32. The fourth-order valence-electron chi connectivity index (χ4n) is 2.79. The van der Waals surface area contributed by atoms with Crippen LogP contribution in [0.5, 0.6) is 0 Å². The summed E-state index contributed by atoms with van der Waals surface area (Å²) < 4.78 is 0. The Morgan fingerprint density at radius 3 is 1.65 bits per heavy atom. The predicted molar refractivity (Wildman–Crippen MR) is 95.6 cm³/mol. The van der Waals surface area contributed by atoms with E-state index in [1.807, 2.05) is 6.92 Å². The summed E-state index contributed by atoms with van der Waals surface area (Å²) in [6.45, 7) is 5.09. The highest BCUT2D eigenvalue weighted by atomic mass is 16.4. The molecule has 0 aromatic carbocycles. The maximum atomic E-state index is 12.0. The first-order valence-electron chi connectivity index (χ1n) is 9.61. The predicted octanol–water partition coefficient (Wildman–Crippen LogP) is 5.01. The summed E-state index contributed by atoms with van der Waals surface area (Å²) in [6.07, 6.45) is 14.6. The van der Waals surface area contributed by atoms with Crippen LogP contribution >= 0.6 is 0 Å². The van der Waals surface area contributed by atoms with Crippen LogP contribution in [0.2, 0.25) is 0 Å². The van der Waals surface area contributed by atoms with E-state index in [9.17, 15) is 9.59 Å². The third-order valence-electron chi connectivity index (χ3n) is 4.32. The van der Waals surface area contributed by atoms with Gasteiger partial charge in [0.15, 0.2) is 0 Å². The number of carbonyl (C=O) groups is 2. The lowest BCUT2D eigenvalue weighted by Gasteiger charge is -2.19. The second kappa shape index (κ2) is 15.8. The second-order valence-electron chi connectivity index (χ2n) is 6.40. The molecule has 0 unspecified atom stereocenters. The van der Waals surface area contributed by atoms with E-state index in [4.69, 9.17) is 5.11 Å². The van der Waals surface area contributed by atoms with E-state index < -0.39 is 5.97 Å². The van der Waals surface area contributed by atoms with Crippen molar-refractivity contribution < 1.29 is 14.7 Å². The molecule has 0 fully saturated rings. The maximum absolute atomic E-state index is 12.0. The Balaban J connectivity index is 3.45. The Hall–Kier alpha value is -1.06. The highest BCUT2D eigenvalue weighted by molar-refractivity contribution is 5.76. The number of aliphatic carboxylic acids is 1. The largest absolute Gasteiger partial charge is 0.481 e. The normalized spacial score (nSPS) is 10.7. The molecule has 0 radical (unpaired) electrons. The van der Waals surface area contributed by atoms with Gasteiger partial charge in [-0.05, 0) is 13.3 Å². The SMILES string of the molecule is CCCCCCCCCCCCCC(=O)N(CC)CCC(=O)O. The summed E-state index contributed by atoms with van der Waals surface area (Å²) in [5.41, 5.74) is 0. The quantitative estimate of drug-likeness (QED) is 0.405. The standard InChI is InChI=1S/C19H37NO3/c1-3-5-6-7-8-9-10-11-12-13-14-15-18(21)20(4-2)17-16-19(22)23/h3-17H2,1-2H3,(H,22,23). The molecule has 0 aromatic rings. The fraction of sp³-hybridized carbons (Fsp3) is 0.895. The lowest BCUT2D eigenvalue weighted by molar-refractivity contribution is -0.138. The Morgan fingerprint density at radius 1 is 0.739 bits per heavy atom. The van der Waals surface area contributed by atoms with Crippen LogP contribution in [0.1, 0.15) is 97.3 Å². The lowest BCUT2D eigenvalue weighted by atomic mass is 10.1. The van der Waals surface area contributed by atoms with Crippen LogP contribution in [0.4, 0.5) is 0 Å². The minimum absolute atomic E-state index is 0.0395. The van der Waals surface area contributed by atoms with Gasteiger partial charge < -0.3 is 10.0 Å². The number of nitrogens with zero attached hydrogens (tertiary/aromatic N) is 1. The van der Waals surface area contributed by atoms with E-state index in [1.54, 1.807) is 4.90 Å². The van der Waals surface area contributed by atoms with E-state index in [-0.39, 0.29) is 12.3 Å². The van der Waals surface area contributed by atoms with Gasteiger partial charge in [-0.2, -0.15) is 0 Å². The molecule has 0 aromatic heterocycles. The number of rotatable bonds is 16.